The number of hydrogen-bond donors (Lipinski definition) is 3. The van der Waals surface area contributed by atoms with Crippen LogP contribution in [0.3, 0.4) is 0 Å². The molecular formula is C15H19N5O3. The van der Waals surface area contributed by atoms with Gasteiger partial charge in [-0.05, 0) is 17.7 Å². The first kappa shape index (κ1) is 16.6. The van der Waals surface area contributed by atoms with Gasteiger partial charge in [0.2, 0.25) is 23.6 Å². The molecule has 3 N–H and O–H groups in total. The van der Waals surface area contributed by atoms with Crippen molar-refractivity contribution in [3.8, 4) is 0 Å². The first-order valence-electron chi connectivity index (χ1n) is 7.16. The Morgan fingerprint density at radius 3 is 2.48 bits per heavy atom. The van der Waals surface area contributed by atoms with E-state index in [1.165, 1.54) is 6.92 Å². The highest BCUT2D eigenvalue weighted by Crippen LogP contribution is 2.09. The van der Waals surface area contributed by atoms with Crippen molar-refractivity contribution in [2.45, 2.75) is 26.9 Å². The van der Waals surface area contributed by atoms with Gasteiger partial charge in [-0.2, -0.15) is 0 Å². The number of hydrogen-bond acceptors (Lipinski definition) is 6. The number of nitrogens with zero attached hydrogens (tertiary/aromatic N) is 2. The molecule has 2 rings (SSSR count). The molecule has 2 amide bonds. The number of benzene rings is 1. The van der Waals surface area contributed by atoms with Gasteiger partial charge < -0.3 is 15.1 Å². The first-order valence-corrected chi connectivity index (χ1v) is 7.16. The Balaban J connectivity index is 1.68. The molecule has 1 aromatic heterocycles. The van der Waals surface area contributed by atoms with Crippen molar-refractivity contribution in [2.75, 3.05) is 11.9 Å². The summed E-state index contributed by atoms with van der Waals surface area (Å²) < 4.78 is 5.19. The summed E-state index contributed by atoms with van der Waals surface area (Å²) in [6, 6.07) is 7.28. The molecule has 0 unspecified atom stereocenters. The molecule has 0 saturated carbocycles. The maximum atomic E-state index is 11.7. The van der Waals surface area contributed by atoms with Crippen LogP contribution in [0.15, 0.2) is 28.7 Å². The standard InChI is InChI=1S/C15H19N5O3/c1-10(21)18-13-5-3-12(4-6-13)7-17-14(22)8-16-9-15-20-19-11(2)23-15/h3-6,16H,7-9H2,1-2H3,(H,17,22)(H,18,21). The van der Waals surface area contributed by atoms with Crippen molar-refractivity contribution >= 4 is 17.5 Å². The Hall–Kier alpha value is -2.74. The second-order valence-corrected chi connectivity index (χ2v) is 4.97. The minimum Gasteiger partial charge on any atom is -0.424 e. The van der Waals surface area contributed by atoms with Crippen molar-refractivity contribution in [1.29, 1.82) is 0 Å². The summed E-state index contributed by atoms with van der Waals surface area (Å²) in [5.41, 5.74) is 1.67. The predicted octanol–water partition coefficient (Wildman–Crippen LogP) is 0.742. The lowest BCUT2D eigenvalue weighted by Crippen LogP contribution is -2.33. The molecule has 8 nitrogen and oxygen atoms in total. The molecule has 2 aromatic rings. The lowest BCUT2D eigenvalue weighted by Gasteiger charge is -2.07. The second-order valence-electron chi connectivity index (χ2n) is 4.97. The van der Waals surface area contributed by atoms with Crippen LogP contribution in [0.1, 0.15) is 24.3 Å². The van der Waals surface area contributed by atoms with Gasteiger partial charge in [0, 0.05) is 26.1 Å². The molecule has 1 aromatic carbocycles. The van der Waals surface area contributed by atoms with Crippen LogP contribution >= 0.6 is 0 Å². The zero-order valence-corrected chi connectivity index (χ0v) is 13.0. The lowest BCUT2D eigenvalue weighted by atomic mass is 10.2. The van der Waals surface area contributed by atoms with Crippen LogP contribution in [0.25, 0.3) is 0 Å². The van der Waals surface area contributed by atoms with Gasteiger partial charge in [0.05, 0.1) is 13.1 Å². The van der Waals surface area contributed by atoms with E-state index in [1.54, 1.807) is 19.1 Å². The molecule has 1 heterocycles. The van der Waals surface area contributed by atoms with E-state index in [0.717, 1.165) is 11.3 Å². The van der Waals surface area contributed by atoms with Gasteiger partial charge >= 0.3 is 0 Å². The third-order valence-electron chi connectivity index (χ3n) is 2.89. The van der Waals surface area contributed by atoms with Gasteiger partial charge in [0.15, 0.2) is 0 Å². The normalized spacial score (nSPS) is 10.3. The third kappa shape index (κ3) is 5.87. The zero-order valence-electron chi connectivity index (χ0n) is 13.0. The fraction of sp³-hybridized carbons (Fsp3) is 0.333. The highest BCUT2D eigenvalue weighted by Gasteiger charge is 2.04. The van der Waals surface area contributed by atoms with Gasteiger partial charge in [-0.25, -0.2) is 0 Å². The molecule has 0 bridgehead atoms. The van der Waals surface area contributed by atoms with E-state index in [2.05, 4.69) is 26.1 Å². The van der Waals surface area contributed by atoms with Crippen molar-refractivity contribution in [3.63, 3.8) is 0 Å². The summed E-state index contributed by atoms with van der Waals surface area (Å²) in [7, 11) is 0. The summed E-state index contributed by atoms with van der Waals surface area (Å²) in [5.74, 6) is 0.693. The number of aryl methyl sites for hydroxylation is 1. The number of carbonyl (C=O) groups is 2. The van der Waals surface area contributed by atoms with Crippen LogP contribution in [0, 0.1) is 6.92 Å². The second kappa shape index (κ2) is 8.04. The highest BCUT2D eigenvalue weighted by atomic mass is 16.4. The number of aromatic nitrogens is 2. The first-order chi connectivity index (χ1) is 11.0. The summed E-state index contributed by atoms with van der Waals surface area (Å²) >= 11 is 0. The van der Waals surface area contributed by atoms with Gasteiger partial charge in [-0.15, -0.1) is 10.2 Å². The Morgan fingerprint density at radius 1 is 1.13 bits per heavy atom. The Kier molecular flexibility index (Phi) is 5.81. The molecule has 0 aliphatic carbocycles. The van der Waals surface area contributed by atoms with Crippen LogP contribution < -0.4 is 16.0 Å². The van der Waals surface area contributed by atoms with Crippen LogP contribution in [-0.4, -0.2) is 28.6 Å². The number of amides is 2. The maximum absolute atomic E-state index is 11.7. The van der Waals surface area contributed by atoms with Crippen molar-refractivity contribution in [3.05, 3.63) is 41.6 Å². The Morgan fingerprint density at radius 2 is 1.87 bits per heavy atom. The van der Waals surface area contributed by atoms with Crippen LogP contribution in [0.4, 0.5) is 5.69 Å². The predicted molar refractivity (Wildman–Crippen MR) is 83.3 cm³/mol. The van der Waals surface area contributed by atoms with E-state index in [9.17, 15) is 9.59 Å². The average Bonchev–Trinajstić information content (AvgIpc) is 2.91. The smallest absolute Gasteiger partial charge is 0.234 e. The number of anilines is 1. The molecule has 0 aliphatic heterocycles. The van der Waals surface area contributed by atoms with Gasteiger partial charge in [0.1, 0.15) is 0 Å². The zero-order chi connectivity index (χ0) is 16.7. The Labute approximate surface area is 133 Å². The largest absolute Gasteiger partial charge is 0.424 e. The van der Waals surface area contributed by atoms with Crippen molar-refractivity contribution < 1.29 is 14.0 Å². The van der Waals surface area contributed by atoms with E-state index in [4.69, 9.17) is 4.42 Å². The monoisotopic (exact) mass is 317 g/mol. The molecule has 0 fully saturated rings. The van der Waals surface area contributed by atoms with E-state index < -0.39 is 0 Å². The molecular weight excluding hydrogens is 298 g/mol. The summed E-state index contributed by atoms with van der Waals surface area (Å²) in [4.78, 5) is 22.7. The van der Waals surface area contributed by atoms with Crippen LogP contribution in [-0.2, 0) is 22.7 Å². The minimum atomic E-state index is -0.132. The quantitative estimate of drug-likeness (QED) is 0.695. The summed E-state index contributed by atoms with van der Waals surface area (Å²) in [6.07, 6.45) is 0. The number of rotatable bonds is 7. The van der Waals surface area contributed by atoms with Crippen LogP contribution in [0.2, 0.25) is 0 Å². The third-order valence-corrected chi connectivity index (χ3v) is 2.89. The fourth-order valence-corrected chi connectivity index (χ4v) is 1.86. The summed E-state index contributed by atoms with van der Waals surface area (Å²) in [6.45, 7) is 4.09. The van der Waals surface area contributed by atoms with Gasteiger partial charge in [0.25, 0.3) is 0 Å². The molecule has 23 heavy (non-hydrogen) atoms. The van der Waals surface area contributed by atoms with Crippen LogP contribution in [0.5, 0.6) is 0 Å². The molecule has 0 spiro atoms. The number of carbonyl (C=O) groups excluding carboxylic acids is 2. The topological polar surface area (TPSA) is 109 Å². The molecule has 0 radical (unpaired) electrons. The molecule has 0 saturated heterocycles. The lowest BCUT2D eigenvalue weighted by molar-refractivity contribution is -0.120. The fourth-order valence-electron chi connectivity index (χ4n) is 1.86. The van der Waals surface area contributed by atoms with Gasteiger partial charge in [-0.3, -0.25) is 14.9 Å². The molecule has 0 atom stereocenters. The molecule has 8 heteroatoms. The highest BCUT2D eigenvalue weighted by molar-refractivity contribution is 5.88. The van der Waals surface area contributed by atoms with E-state index >= 15 is 0 Å². The number of nitrogens with one attached hydrogen (secondary N) is 3. The molecule has 122 valence electrons. The Bertz CT molecular complexity index is 666. The van der Waals surface area contributed by atoms with E-state index in [1.807, 2.05) is 12.1 Å². The maximum Gasteiger partial charge on any atom is 0.234 e. The summed E-state index contributed by atoms with van der Waals surface area (Å²) in [5, 5.41) is 15.9. The molecule has 0 aliphatic rings. The van der Waals surface area contributed by atoms with E-state index in [0.29, 0.717) is 24.9 Å². The van der Waals surface area contributed by atoms with Gasteiger partial charge in [-0.1, -0.05) is 12.1 Å². The van der Waals surface area contributed by atoms with Crippen molar-refractivity contribution in [2.24, 2.45) is 0 Å². The SMILES string of the molecule is CC(=O)Nc1ccc(CNC(=O)CNCc2nnc(C)o2)cc1. The minimum absolute atomic E-state index is 0.117. The average molecular weight is 317 g/mol. The van der Waals surface area contributed by atoms with Crippen molar-refractivity contribution in [1.82, 2.24) is 20.8 Å². The van der Waals surface area contributed by atoms with E-state index in [-0.39, 0.29) is 18.4 Å².